The van der Waals surface area contributed by atoms with Crippen LogP contribution in [-0.4, -0.2) is 5.78 Å². The summed E-state index contributed by atoms with van der Waals surface area (Å²) >= 11 is 0. The van der Waals surface area contributed by atoms with Crippen molar-refractivity contribution >= 4 is 5.78 Å². The van der Waals surface area contributed by atoms with Gasteiger partial charge in [-0.3, -0.25) is 4.79 Å². The Morgan fingerprint density at radius 3 is 2.40 bits per heavy atom. The molecule has 0 N–H and O–H groups in total. The van der Waals surface area contributed by atoms with E-state index in [4.69, 9.17) is 0 Å². The number of nitrogens with zero attached hydrogens (tertiary/aromatic N) is 1. The second-order valence-electron chi connectivity index (χ2n) is 5.11. The van der Waals surface area contributed by atoms with Crippen LogP contribution in [0, 0.1) is 18.3 Å². The summed E-state index contributed by atoms with van der Waals surface area (Å²) in [6.45, 7) is 3.50. The van der Waals surface area contributed by atoms with E-state index in [1.165, 1.54) is 6.92 Å². The molecule has 0 saturated carbocycles. The highest BCUT2D eigenvalue weighted by Gasteiger charge is 2.37. The van der Waals surface area contributed by atoms with E-state index in [0.29, 0.717) is 6.42 Å². The summed E-state index contributed by atoms with van der Waals surface area (Å²) in [5.41, 5.74) is 1.79. The molecule has 0 aliphatic heterocycles. The fourth-order valence-corrected chi connectivity index (χ4v) is 2.46. The third kappa shape index (κ3) is 2.62. The molecule has 0 heterocycles. The molecule has 2 rings (SSSR count). The van der Waals surface area contributed by atoms with Crippen LogP contribution in [0.2, 0.25) is 0 Å². The van der Waals surface area contributed by atoms with Crippen molar-refractivity contribution in [3.8, 4) is 6.07 Å². The van der Waals surface area contributed by atoms with Crippen molar-refractivity contribution in [2.45, 2.75) is 25.7 Å². The highest BCUT2D eigenvalue weighted by molar-refractivity contribution is 5.91. The first-order chi connectivity index (χ1) is 9.58. The normalized spacial score (nSPS) is 13.2. The number of ketones is 1. The number of Topliss-reactive ketones (excluding diaryl/α,β-unsaturated/α-hetero) is 1. The number of rotatable bonds is 4. The Bertz CT molecular complexity index is 655. The molecule has 2 aromatic carbocycles. The van der Waals surface area contributed by atoms with Crippen molar-refractivity contribution < 1.29 is 4.79 Å². The Labute approximate surface area is 119 Å². The monoisotopic (exact) mass is 263 g/mol. The molecular formula is C18H17NO. The van der Waals surface area contributed by atoms with Gasteiger partial charge in [-0.1, -0.05) is 60.2 Å². The Morgan fingerprint density at radius 2 is 1.85 bits per heavy atom. The third-order valence-corrected chi connectivity index (χ3v) is 3.61. The van der Waals surface area contributed by atoms with Crippen LogP contribution >= 0.6 is 0 Å². The number of hydrogen-bond acceptors (Lipinski definition) is 2. The summed E-state index contributed by atoms with van der Waals surface area (Å²) in [7, 11) is 0. The number of nitriles is 1. The largest absolute Gasteiger partial charge is 0.298 e. The minimum Gasteiger partial charge on any atom is -0.298 e. The minimum absolute atomic E-state index is 0.118. The smallest absolute Gasteiger partial charge is 0.154 e. The Kier molecular flexibility index (Phi) is 4.00. The molecular weight excluding hydrogens is 246 g/mol. The number of aryl methyl sites for hydroxylation is 1. The molecule has 0 aromatic heterocycles. The number of benzene rings is 2. The average Bonchev–Trinajstić information content (AvgIpc) is 2.45. The lowest BCUT2D eigenvalue weighted by molar-refractivity contribution is -0.120. The van der Waals surface area contributed by atoms with Crippen LogP contribution in [-0.2, 0) is 16.6 Å². The average molecular weight is 263 g/mol. The highest BCUT2D eigenvalue weighted by atomic mass is 16.1. The van der Waals surface area contributed by atoms with Crippen LogP contribution in [0.3, 0.4) is 0 Å². The van der Waals surface area contributed by atoms with Crippen molar-refractivity contribution in [3.63, 3.8) is 0 Å². The van der Waals surface area contributed by atoms with Crippen LogP contribution in [0.4, 0.5) is 0 Å². The van der Waals surface area contributed by atoms with Gasteiger partial charge in [0.05, 0.1) is 6.07 Å². The van der Waals surface area contributed by atoms with Gasteiger partial charge in [-0.05, 0) is 25.0 Å². The van der Waals surface area contributed by atoms with Crippen LogP contribution in [0.5, 0.6) is 0 Å². The lowest BCUT2D eigenvalue weighted by Gasteiger charge is -2.24. The maximum Gasteiger partial charge on any atom is 0.154 e. The van der Waals surface area contributed by atoms with Crippen molar-refractivity contribution in [2.75, 3.05) is 0 Å². The third-order valence-electron chi connectivity index (χ3n) is 3.61. The van der Waals surface area contributed by atoms with Crippen molar-refractivity contribution in [1.82, 2.24) is 0 Å². The molecule has 20 heavy (non-hydrogen) atoms. The van der Waals surface area contributed by atoms with Gasteiger partial charge in [0.1, 0.15) is 5.41 Å². The van der Waals surface area contributed by atoms with E-state index in [9.17, 15) is 10.1 Å². The van der Waals surface area contributed by atoms with Gasteiger partial charge in [0.2, 0.25) is 0 Å². The molecule has 0 bridgehead atoms. The van der Waals surface area contributed by atoms with E-state index in [0.717, 1.165) is 16.7 Å². The van der Waals surface area contributed by atoms with Crippen molar-refractivity contribution in [2.24, 2.45) is 0 Å². The fraction of sp³-hybridized carbons (Fsp3) is 0.222. The zero-order valence-electron chi connectivity index (χ0n) is 11.8. The minimum atomic E-state index is -1.10. The zero-order chi connectivity index (χ0) is 14.6. The lowest BCUT2D eigenvalue weighted by atomic mass is 9.74. The number of carbonyl (C=O) groups excluding carboxylic acids is 1. The van der Waals surface area contributed by atoms with Crippen molar-refractivity contribution in [3.05, 3.63) is 71.3 Å². The van der Waals surface area contributed by atoms with Gasteiger partial charge in [0.15, 0.2) is 5.78 Å². The van der Waals surface area contributed by atoms with Gasteiger partial charge in [-0.15, -0.1) is 0 Å². The molecule has 0 saturated heterocycles. The van der Waals surface area contributed by atoms with Gasteiger partial charge < -0.3 is 0 Å². The van der Waals surface area contributed by atoms with Crippen LogP contribution in [0.25, 0.3) is 0 Å². The maximum absolute atomic E-state index is 12.2. The van der Waals surface area contributed by atoms with Crippen molar-refractivity contribution in [1.29, 1.82) is 5.26 Å². The summed E-state index contributed by atoms with van der Waals surface area (Å²) < 4.78 is 0. The molecule has 2 nitrogen and oxygen atoms in total. The topological polar surface area (TPSA) is 40.9 Å². The first-order valence-corrected chi connectivity index (χ1v) is 6.62. The molecule has 0 radical (unpaired) electrons. The van der Waals surface area contributed by atoms with Crippen LogP contribution < -0.4 is 0 Å². The summed E-state index contributed by atoms with van der Waals surface area (Å²) in [5.74, 6) is -0.118. The van der Waals surface area contributed by atoms with Gasteiger partial charge in [0.25, 0.3) is 0 Å². The Balaban J connectivity index is 2.49. The Hall–Kier alpha value is -2.40. The molecule has 100 valence electrons. The predicted octanol–water partition coefficient (Wildman–Crippen LogP) is 3.59. The molecule has 0 amide bonds. The van der Waals surface area contributed by atoms with E-state index in [-0.39, 0.29) is 5.78 Å². The molecule has 2 heteroatoms. The van der Waals surface area contributed by atoms with Crippen LogP contribution in [0.1, 0.15) is 23.6 Å². The SMILES string of the molecule is CC(=O)C(C#N)(Cc1cccc(C)c1)c1ccccc1. The highest BCUT2D eigenvalue weighted by Crippen LogP contribution is 2.29. The molecule has 0 spiro atoms. The van der Waals surface area contributed by atoms with E-state index >= 15 is 0 Å². The van der Waals surface area contributed by atoms with Gasteiger partial charge >= 0.3 is 0 Å². The quantitative estimate of drug-likeness (QED) is 0.845. The van der Waals surface area contributed by atoms with E-state index < -0.39 is 5.41 Å². The number of carbonyl (C=O) groups is 1. The molecule has 1 atom stereocenters. The van der Waals surface area contributed by atoms with Gasteiger partial charge in [-0.25, -0.2) is 0 Å². The summed E-state index contributed by atoms with van der Waals surface area (Å²) in [6.07, 6.45) is 0.407. The van der Waals surface area contributed by atoms with Crippen LogP contribution in [0.15, 0.2) is 54.6 Å². The molecule has 0 fully saturated rings. The molecule has 2 aromatic rings. The van der Waals surface area contributed by atoms with Gasteiger partial charge in [-0.2, -0.15) is 5.26 Å². The van der Waals surface area contributed by atoms with E-state index in [1.807, 2.05) is 61.5 Å². The fourth-order valence-electron chi connectivity index (χ4n) is 2.46. The molecule has 1 unspecified atom stereocenters. The van der Waals surface area contributed by atoms with Gasteiger partial charge in [0, 0.05) is 6.42 Å². The predicted molar refractivity (Wildman–Crippen MR) is 79.3 cm³/mol. The lowest BCUT2D eigenvalue weighted by Crippen LogP contribution is -2.35. The summed E-state index contributed by atoms with van der Waals surface area (Å²) in [6, 6.07) is 19.5. The number of hydrogen-bond donors (Lipinski definition) is 0. The maximum atomic E-state index is 12.2. The van der Waals surface area contributed by atoms with E-state index in [1.54, 1.807) is 0 Å². The summed E-state index contributed by atoms with van der Waals surface area (Å²) in [5, 5.41) is 9.66. The first kappa shape index (κ1) is 14.0. The van der Waals surface area contributed by atoms with E-state index in [2.05, 4.69) is 6.07 Å². The zero-order valence-corrected chi connectivity index (χ0v) is 11.8. The Morgan fingerprint density at radius 1 is 1.15 bits per heavy atom. The second kappa shape index (κ2) is 5.71. The first-order valence-electron chi connectivity index (χ1n) is 6.62. The standard InChI is InChI=1S/C18H17NO/c1-14-7-6-8-16(11-14)12-18(13-19,15(2)20)17-9-4-3-5-10-17/h3-11H,12H2,1-2H3. The molecule has 0 aliphatic carbocycles. The molecule has 0 aliphatic rings. The second-order valence-corrected chi connectivity index (χ2v) is 5.11. The summed E-state index contributed by atoms with van der Waals surface area (Å²) in [4.78, 5) is 12.2.